The van der Waals surface area contributed by atoms with Crippen molar-refractivity contribution in [2.45, 2.75) is 13.8 Å². The molecular formula is C26H23NO5. The molecule has 6 nitrogen and oxygen atoms in total. The second-order valence-corrected chi connectivity index (χ2v) is 7.56. The first kappa shape index (κ1) is 21.2. The fourth-order valence-corrected chi connectivity index (χ4v) is 3.59. The summed E-state index contributed by atoms with van der Waals surface area (Å²) in [7, 11) is 1.51. The first-order valence-corrected chi connectivity index (χ1v) is 10.2. The van der Waals surface area contributed by atoms with Gasteiger partial charge in [-0.15, -0.1) is 0 Å². The Balaban J connectivity index is 1.58. The van der Waals surface area contributed by atoms with Gasteiger partial charge in [-0.1, -0.05) is 30.3 Å². The van der Waals surface area contributed by atoms with Crippen LogP contribution in [0.15, 0.2) is 75.9 Å². The summed E-state index contributed by atoms with van der Waals surface area (Å²) < 4.78 is 16.5. The number of carbonyl (C=O) groups is 1. The van der Waals surface area contributed by atoms with Crippen LogP contribution >= 0.6 is 0 Å². The smallest absolute Gasteiger partial charge is 0.344 e. The number of amides is 1. The molecule has 6 heteroatoms. The second-order valence-electron chi connectivity index (χ2n) is 7.56. The van der Waals surface area contributed by atoms with Gasteiger partial charge in [0.1, 0.15) is 17.1 Å². The van der Waals surface area contributed by atoms with Crippen molar-refractivity contribution in [1.29, 1.82) is 0 Å². The van der Waals surface area contributed by atoms with Gasteiger partial charge >= 0.3 is 5.63 Å². The van der Waals surface area contributed by atoms with Gasteiger partial charge in [-0.3, -0.25) is 4.79 Å². The molecule has 0 saturated heterocycles. The maximum Gasteiger partial charge on any atom is 0.344 e. The van der Waals surface area contributed by atoms with Crippen LogP contribution in [0.2, 0.25) is 0 Å². The van der Waals surface area contributed by atoms with Crippen molar-refractivity contribution in [3.05, 3.63) is 88.3 Å². The van der Waals surface area contributed by atoms with E-state index in [-0.39, 0.29) is 12.5 Å². The first-order valence-electron chi connectivity index (χ1n) is 10.2. The highest BCUT2D eigenvalue weighted by Crippen LogP contribution is 2.30. The number of methoxy groups -OCH3 is 1. The van der Waals surface area contributed by atoms with Gasteiger partial charge in [0, 0.05) is 5.39 Å². The van der Waals surface area contributed by atoms with Crippen LogP contribution < -0.4 is 20.4 Å². The Morgan fingerprint density at radius 2 is 1.72 bits per heavy atom. The van der Waals surface area contributed by atoms with Gasteiger partial charge in [-0.25, -0.2) is 4.79 Å². The van der Waals surface area contributed by atoms with Crippen LogP contribution in [0.3, 0.4) is 0 Å². The third-order valence-electron chi connectivity index (χ3n) is 4.99. The number of ether oxygens (including phenoxy) is 2. The summed E-state index contributed by atoms with van der Waals surface area (Å²) in [5.41, 5.74) is 3.62. The highest BCUT2D eigenvalue weighted by molar-refractivity contribution is 5.94. The third kappa shape index (κ3) is 4.64. The van der Waals surface area contributed by atoms with Crippen LogP contribution in [-0.2, 0) is 4.79 Å². The minimum absolute atomic E-state index is 0.158. The van der Waals surface area contributed by atoms with E-state index in [4.69, 9.17) is 13.9 Å². The molecular weight excluding hydrogens is 406 g/mol. The number of anilines is 1. The van der Waals surface area contributed by atoms with Gasteiger partial charge in [0.2, 0.25) is 0 Å². The summed E-state index contributed by atoms with van der Waals surface area (Å²) >= 11 is 0. The Morgan fingerprint density at radius 3 is 2.47 bits per heavy atom. The van der Waals surface area contributed by atoms with Crippen molar-refractivity contribution in [1.82, 2.24) is 0 Å². The van der Waals surface area contributed by atoms with Crippen LogP contribution in [0.5, 0.6) is 11.5 Å². The minimum atomic E-state index is -0.454. The van der Waals surface area contributed by atoms with E-state index in [1.807, 2.05) is 50.2 Å². The van der Waals surface area contributed by atoms with Crippen molar-refractivity contribution in [3.8, 4) is 22.6 Å². The number of hydrogen-bond donors (Lipinski definition) is 1. The van der Waals surface area contributed by atoms with E-state index >= 15 is 0 Å². The number of fused-ring (bicyclic) bond motifs is 1. The summed E-state index contributed by atoms with van der Waals surface area (Å²) in [5.74, 6) is 0.760. The molecule has 1 N–H and O–H groups in total. The number of para-hydroxylation sites is 1. The molecule has 0 aliphatic rings. The van der Waals surface area contributed by atoms with Gasteiger partial charge in [-0.2, -0.15) is 0 Å². The fraction of sp³-hybridized carbons (Fsp3) is 0.154. The zero-order valence-corrected chi connectivity index (χ0v) is 18.1. The van der Waals surface area contributed by atoms with Gasteiger partial charge in [0.25, 0.3) is 5.91 Å². The number of aryl methyl sites for hydroxylation is 2. The van der Waals surface area contributed by atoms with E-state index < -0.39 is 5.63 Å². The molecule has 0 atom stereocenters. The lowest BCUT2D eigenvalue weighted by atomic mass is 10.0. The maximum absolute atomic E-state index is 12.5. The fourth-order valence-electron chi connectivity index (χ4n) is 3.59. The Bertz CT molecular complexity index is 1340. The second kappa shape index (κ2) is 8.98. The molecule has 162 valence electrons. The standard InChI is InChI=1S/C26H23NO5/c1-16-10-17(2)12-20(11-16)31-15-25(28)27-22-14-18(8-9-24(22)30-3)21-13-19-6-4-5-7-23(19)32-26(21)29/h4-14H,15H2,1-3H3,(H,27,28). The largest absolute Gasteiger partial charge is 0.495 e. The average Bonchev–Trinajstić information content (AvgIpc) is 2.76. The highest BCUT2D eigenvalue weighted by Gasteiger charge is 2.13. The van der Waals surface area contributed by atoms with E-state index in [2.05, 4.69) is 5.32 Å². The molecule has 1 heterocycles. The highest BCUT2D eigenvalue weighted by atomic mass is 16.5. The van der Waals surface area contributed by atoms with E-state index in [1.54, 1.807) is 30.3 Å². The molecule has 1 amide bonds. The minimum Gasteiger partial charge on any atom is -0.495 e. The Labute approximate surface area is 185 Å². The SMILES string of the molecule is COc1ccc(-c2cc3ccccc3oc2=O)cc1NC(=O)COc1cc(C)cc(C)c1. The average molecular weight is 429 g/mol. The summed E-state index contributed by atoms with van der Waals surface area (Å²) in [5, 5.41) is 3.62. The summed E-state index contributed by atoms with van der Waals surface area (Å²) in [6.45, 7) is 3.79. The molecule has 0 spiro atoms. The normalized spacial score (nSPS) is 10.7. The number of hydrogen-bond acceptors (Lipinski definition) is 5. The van der Waals surface area contributed by atoms with E-state index in [0.717, 1.165) is 16.5 Å². The molecule has 1 aromatic heterocycles. The summed E-state index contributed by atoms with van der Waals surface area (Å²) in [6, 6.07) is 20.0. The van der Waals surface area contributed by atoms with E-state index in [0.29, 0.717) is 33.9 Å². The molecule has 0 aliphatic carbocycles. The lowest BCUT2D eigenvalue weighted by Crippen LogP contribution is -2.20. The molecule has 4 aromatic rings. The topological polar surface area (TPSA) is 77.8 Å². The van der Waals surface area contributed by atoms with E-state index in [9.17, 15) is 9.59 Å². The van der Waals surface area contributed by atoms with Crippen molar-refractivity contribution in [2.75, 3.05) is 19.0 Å². The number of benzene rings is 3. The molecule has 0 aliphatic heterocycles. The monoisotopic (exact) mass is 429 g/mol. The van der Waals surface area contributed by atoms with Gasteiger partial charge in [0.15, 0.2) is 6.61 Å². The van der Waals surface area contributed by atoms with Crippen LogP contribution in [0, 0.1) is 13.8 Å². The Morgan fingerprint density at radius 1 is 0.969 bits per heavy atom. The van der Waals surface area contributed by atoms with E-state index in [1.165, 1.54) is 7.11 Å². The van der Waals surface area contributed by atoms with Gasteiger partial charge in [0.05, 0.1) is 18.4 Å². The predicted octanol–water partition coefficient (Wildman–Crippen LogP) is 5.10. The Hall–Kier alpha value is -4.06. The third-order valence-corrected chi connectivity index (χ3v) is 4.99. The molecule has 0 fully saturated rings. The molecule has 0 radical (unpaired) electrons. The van der Waals surface area contributed by atoms with Gasteiger partial charge in [-0.05, 0) is 66.9 Å². The summed E-state index contributed by atoms with van der Waals surface area (Å²) in [6.07, 6.45) is 0. The maximum atomic E-state index is 12.5. The lowest BCUT2D eigenvalue weighted by Gasteiger charge is -2.13. The van der Waals surface area contributed by atoms with Crippen LogP contribution in [0.25, 0.3) is 22.1 Å². The van der Waals surface area contributed by atoms with Crippen LogP contribution in [0.1, 0.15) is 11.1 Å². The molecule has 0 bridgehead atoms. The van der Waals surface area contributed by atoms with Crippen LogP contribution in [-0.4, -0.2) is 19.6 Å². The van der Waals surface area contributed by atoms with Crippen molar-refractivity contribution < 1.29 is 18.7 Å². The van der Waals surface area contributed by atoms with Gasteiger partial charge < -0.3 is 19.2 Å². The van der Waals surface area contributed by atoms with Crippen molar-refractivity contribution in [2.24, 2.45) is 0 Å². The number of nitrogens with one attached hydrogen (secondary N) is 1. The molecule has 0 unspecified atom stereocenters. The Kier molecular flexibility index (Phi) is 5.94. The first-order chi connectivity index (χ1) is 15.4. The molecule has 32 heavy (non-hydrogen) atoms. The van der Waals surface area contributed by atoms with Crippen molar-refractivity contribution >= 4 is 22.6 Å². The van der Waals surface area contributed by atoms with Crippen molar-refractivity contribution in [3.63, 3.8) is 0 Å². The quantitative estimate of drug-likeness (QED) is 0.431. The van der Waals surface area contributed by atoms with Crippen LogP contribution in [0.4, 0.5) is 5.69 Å². The zero-order valence-electron chi connectivity index (χ0n) is 18.1. The predicted molar refractivity (Wildman–Crippen MR) is 125 cm³/mol. The zero-order chi connectivity index (χ0) is 22.7. The molecule has 0 saturated carbocycles. The molecule has 4 rings (SSSR count). The number of carbonyl (C=O) groups excluding carboxylic acids is 1. The molecule has 3 aromatic carbocycles. The lowest BCUT2D eigenvalue weighted by molar-refractivity contribution is -0.118. The summed E-state index contributed by atoms with van der Waals surface area (Å²) in [4.78, 5) is 25.1. The number of rotatable bonds is 6.